The lowest BCUT2D eigenvalue weighted by Crippen LogP contribution is -2.41. The Morgan fingerprint density at radius 1 is 1.13 bits per heavy atom. The SMILES string of the molecule is Cc1ccccc1C(=O)CCC(=O)NCC1(CO)CCCCC1. The highest BCUT2D eigenvalue weighted by Crippen LogP contribution is 2.35. The number of aliphatic hydroxyl groups is 1. The topological polar surface area (TPSA) is 66.4 Å². The number of carbonyl (C=O) groups excluding carboxylic acids is 2. The van der Waals surface area contributed by atoms with E-state index in [9.17, 15) is 14.7 Å². The number of ketones is 1. The van der Waals surface area contributed by atoms with Gasteiger partial charge >= 0.3 is 0 Å². The van der Waals surface area contributed by atoms with Crippen molar-refractivity contribution in [1.29, 1.82) is 0 Å². The molecular weight excluding hydrogens is 290 g/mol. The lowest BCUT2D eigenvalue weighted by molar-refractivity contribution is -0.121. The maximum Gasteiger partial charge on any atom is 0.220 e. The van der Waals surface area contributed by atoms with Crippen LogP contribution in [0.4, 0.5) is 0 Å². The number of carbonyl (C=O) groups is 2. The van der Waals surface area contributed by atoms with Crippen molar-refractivity contribution in [3.8, 4) is 0 Å². The highest BCUT2D eigenvalue weighted by molar-refractivity contribution is 5.99. The van der Waals surface area contributed by atoms with Crippen molar-refractivity contribution >= 4 is 11.7 Å². The molecule has 2 N–H and O–H groups in total. The van der Waals surface area contributed by atoms with Crippen molar-refractivity contribution in [2.45, 2.75) is 51.9 Å². The zero-order valence-corrected chi connectivity index (χ0v) is 13.9. The molecule has 0 radical (unpaired) electrons. The fourth-order valence-corrected chi connectivity index (χ4v) is 3.31. The van der Waals surface area contributed by atoms with Gasteiger partial charge in [-0.15, -0.1) is 0 Å². The van der Waals surface area contributed by atoms with Crippen LogP contribution in [0.3, 0.4) is 0 Å². The lowest BCUT2D eigenvalue weighted by Gasteiger charge is -2.35. The first kappa shape index (κ1) is 17.7. The summed E-state index contributed by atoms with van der Waals surface area (Å²) in [6.07, 6.45) is 5.79. The average molecular weight is 317 g/mol. The van der Waals surface area contributed by atoms with Crippen LogP contribution in [0, 0.1) is 12.3 Å². The molecule has 1 saturated carbocycles. The Labute approximate surface area is 138 Å². The molecule has 1 aliphatic rings. The van der Waals surface area contributed by atoms with E-state index in [0.29, 0.717) is 12.1 Å². The summed E-state index contributed by atoms with van der Waals surface area (Å²) in [5.74, 6) is -0.0990. The Balaban J connectivity index is 1.79. The summed E-state index contributed by atoms with van der Waals surface area (Å²) >= 11 is 0. The van der Waals surface area contributed by atoms with Crippen LogP contribution in [0.1, 0.15) is 60.9 Å². The van der Waals surface area contributed by atoms with Crippen LogP contribution in [0.5, 0.6) is 0 Å². The molecule has 23 heavy (non-hydrogen) atoms. The van der Waals surface area contributed by atoms with Crippen LogP contribution in [-0.2, 0) is 4.79 Å². The van der Waals surface area contributed by atoms with E-state index in [1.165, 1.54) is 6.42 Å². The maximum atomic E-state index is 12.2. The van der Waals surface area contributed by atoms with Gasteiger partial charge in [-0.1, -0.05) is 43.5 Å². The first-order valence-corrected chi connectivity index (χ1v) is 8.53. The van der Waals surface area contributed by atoms with Gasteiger partial charge in [0.05, 0.1) is 6.61 Å². The van der Waals surface area contributed by atoms with Gasteiger partial charge in [0, 0.05) is 30.4 Å². The Morgan fingerprint density at radius 2 is 1.83 bits per heavy atom. The normalized spacial score (nSPS) is 16.8. The third kappa shape index (κ3) is 4.90. The molecule has 0 bridgehead atoms. The molecule has 0 aliphatic heterocycles. The summed E-state index contributed by atoms with van der Waals surface area (Å²) in [4.78, 5) is 24.2. The summed E-state index contributed by atoms with van der Waals surface area (Å²) in [7, 11) is 0. The molecule has 1 aromatic carbocycles. The molecule has 1 fully saturated rings. The van der Waals surface area contributed by atoms with Crippen LogP contribution in [0.15, 0.2) is 24.3 Å². The Kier molecular flexibility index (Phi) is 6.34. The van der Waals surface area contributed by atoms with E-state index in [-0.39, 0.29) is 36.6 Å². The number of aliphatic hydroxyl groups excluding tert-OH is 1. The van der Waals surface area contributed by atoms with Gasteiger partial charge in [0.1, 0.15) is 0 Å². The molecule has 0 aromatic heterocycles. The van der Waals surface area contributed by atoms with Crippen LogP contribution >= 0.6 is 0 Å². The molecule has 126 valence electrons. The molecule has 2 rings (SSSR count). The molecule has 0 heterocycles. The number of benzene rings is 1. The molecule has 0 saturated heterocycles. The summed E-state index contributed by atoms with van der Waals surface area (Å²) in [6.45, 7) is 2.54. The minimum absolute atomic E-state index is 0.00721. The summed E-state index contributed by atoms with van der Waals surface area (Å²) < 4.78 is 0. The largest absolute Gasteiger partial charge is 0.396 e. The highest BCUT2D eigenvalue weighted by Gasteiger charge is 2.31. The zero-order chi connectivity index (χ0) is 16.7. The molecule has 0 atom stereocenters. The molecule has 4 heteroatoms. The van der Waals surface area contributed by atoms with Crippen molar-refractivity contribution in [1.82, 2.24) is 5.32 Å². The number of hydrogen-bond donors (Lipinski definition) is 2. The first-order valence-electron chi connectivity index (χ1n) is 8.53. The predicted octanol–water partition coefficient (Wildman–Crippen LogP) is 3.02. The van der Waals surface area contributed by atoms with Gasteiger partial charge in [0.25, 0.3) is 0 Å². The Morgan fingerprint density at radius 3 is 2.48 bits per heavy atom. The summed E-state index contributed by atoms with van der Waals surface area (Å²) in [5.41, 5.74) is 1.48. The predicted molar refractivity (Wildman–Crippen MR) is 90.4 cm³/mol. The molecule has 0 unspecified atom stereocenters. The number of amides is 1. The number of rotatable bonds is 7. The maximum absolute atomic E-state index is 12.2. The summed E-state index contributed by atoms with van der Waals surface area (Å²) in [6, 6.07) is 7.45. The van der Waals surface area contributed by atoms with Crippen LogP contribution in [0.2, 0.25) is 0 Å². The smallest absolute Gasteiger partial charge is 0.220 e. The van der Waals surface area contributed by atoms with E-state index < -0.39 is 0 Å². The fourth-order valence-electron chi connectivity index (χ4n) is 3.31. The third-order valence-corrected chi connectivity index (χ3v) is 4.93. The second-order valence-corrected chi connectivity index (χ2v) is 6.73. The van der Waals surface area contributed by atoms with Crippen molar-refractivity contribution in [3.05, 3.63) is 35.4 Å². The zero-order valence-electron chi connectivity index (χ0n) is 13.9. The second-order valence-electron chi connectivity index (χ2n) is 6.73. The van der Waals surface area contributed by atoms with Gasteiger partial charge in [-0.3, -0.25) is 9.59 Å². The first-order chi connectivity index (χ1) is 11.1. The van der Waals surface area contributed by atoms with Gasteiger partial charge in [-0.25, -0.2) is 0 Å². The van der Waals surface area contributed by atoms with E-state index in [4.69, 9.17) is 0 Å². The van der Waals surface area contributed by atoms with Crippen LogP contribution in [-0.4, -0.2) is 29.9 Å². The average Bonchev–Trinajstić information content (AvgIpc) is 2.59. The van der Waals surface area contributed by atoms with Gasteiger partial charge in [0.15, 0.2) is 5.78 Å². The monoisotopic (exact) mass is 317 g/mol. The highest BCUT2D eigenvalue weighted by atomic mass is 16.3. The van der Waals surface area contributed by atoms with Crippen molar-refractivity contribution in [2.75, 3.05) is 13.2 Å². The van der Waals surface area contributed by atoms with E-state index in [1.54, 1.807) is 6.07 Å². The van der Waals surface area contributed by atoms with Gasteiger partial charge < -0.3 is 10.4 Å². The number of aryl methyl sites for hydroxylation is 1. The van der Waals surface area contributed by atoms with E-state index in [0.717, 1.165) is 31.2 Å². The molecule has 1 aromatic rings. The van der Waals surface area contributed by atoms with Crippen LogP contribution in [0.25, 0.3) is 0 Å². The number of Topliss-reactive ketones (excluding diaryl/α,β-unsaturated/α-hetero) is 1. The quantitative estimate of drug-likeness (QED) is 0.760. The van der Waals surface area contributed by atoms with Crippen molar-refractivity contribution < 1.29 is 14.7 Å². The molecule has 1 aliphatic carbocycles. The van der Waals surface area contributed by atoms with Gasteiger partial charge in [-0.2, -0.15) is 0 Å². The van der Waals surface area contributed by atoms with Crippen molar-refractivity contribution in [2.24, 2.45) is 5.41 Å². The molecule has 1 amide bonds. The van der Waals surface area contributed by atoms with Crippen molar-refractivity contribution in [3.63, 3.8) is 0 Å². The number of nitrogens with one attached hydrogen (secondary N) is 1. The van der Waals surface area contributed by atoms with E-state index >= 15 is 0 Å². The Hall–Kier alpha value is -1.68. The molecular formula is C19H27NO3. The van der Waals surface area contributed by atoms with Gasteiger partial charge in [0.2, 0.25) is 5.91 Å². The molecule has 0 spiro atoms. The Bertz CT molecular complexity index is 547. The van der Waals surface area contributed by atoms with Crippen LogP contribution < -0.4 is 5.32 Å². The lowest BCUT2D eigenvalue weighted by atomic mass is 9.74. The minimum atomic E-state index is -0.159. The second kappa shape index (κ2) is 8.25. The third-order valence-electron chi connectivity index (χ3n) is 4.93. The van der Waals surface area contributed by atoms with E-state index in [1.807, 2.05) is 25.1 Å². The number of hydrogen-bond acceptors (Lipinski definition) is 3. The fraction of sp³-hybridized carbons (Fsp3) is 0.579. The minimum Gasteiger partial charge on any atom is -0.396 e. The molecule has 4 nitrogen and oxygen atoms in total. The summed E-state index contributed by atoms with van der Waals surface area (Å²) in [5, 5.41) is 12.6. The van der Waals surface area contributed by atoms with E-state index in [2.05, 4.69) is 5.32 Å². The van der Waals surface area contributed by atoms with Gasteiger partial charge in [-0.05, 0) is 25.3 Å². The standard InChI is InChI=1S/C19H27NO3/c1-15-7-3-4-8-16(15)17(22)9-10-18(23)20-13-19(14-21)11-5-2-6-12-19/h3-4,7-8,21H,2,5-6,9-14H2,1H3,(H,20,23).